The molecule has 1 aromatic heterocycles. The van der Waals surface area contributed by atoms with Gasteiger partial charge in [0.05, 0.1) is 4.34 Å². The van der Waals surface area contributed by atoms with Crippen LogP contribution in [0.3, 0.4) is 0 Å². The van der Waals surface area contributed by atoms with Crippen LogP contribution in [-0.2, 0) is 5.75 Å². The van der Waals surface area contributed by atoms with Gasteiger partial charge in [-0.3, -0.25) is 0 Å². The predicted octanol–water partition coefficient (Wildman–Crippen LogP) is 2.83. The summed E-state index contributed by atoms with van der Waals surface area (Å²) in [5.41, 5.74) is 1.13. The normalized spacial score (nSPS) is 9.75. The van der Waals surface area contributed by atoms with Crippen molar-refractivity contribution in [1.29, 1.82) is 0 Å². The van der Waals surface area contributed by atoms with Crippen molar-refractivity contribution in [2.45, 2.75) is 5.75 Å². The van der Waals surface area contributed by atoms with Crippen LogP contribution < -0.4 is 0 Å². The Bertz CT molecular complexity index is 171. The van der Waals surface area contributed by atoms with Crippen molar-refractivity contribution in [3.8, 4) is 0 Å². The van der Waals surface area contributed by atoms with Crippen molar-refractivity contribution in [1.82, 2.24) is 0 Å². The molecule has 0 spiro atoms. The first kappa shape index (κ1) is 6.46. The van der Waals surface area contributed by atoms with E-state index in [1.165, 1.54) is 0 Å². The monoisotopic (exact) mass is 164 g/mol. The Hall–Kier alpha value is 0.340. The summed E-state index contributed by atoms with van der Waals surface area (Å²) in [4.78, 5) is 0. The largest absolute Gasteiger partial charge is 0.174 e. The van der Waals surface area contributed by atoms with Gasteiger partial charge in [0.25, 0.3) is 0 Å². The van der Waals surface area contributed by atoms with Gasteiger partial charge in [-0.1, -0.05) is 11.6 Å². The van der Waals surface area contributed by atoms with Gasteiger partial charge in [-0.15, -0.1) is 11.3 Å². The fraction of sp³-hybridized carbons (Fsp3) is 0.200. The molecule has 0 aliphatic heterocycles. The predicted molar refractivity (Wildman–Crippen MR) is 42.0 cm³/mol. The third-order valence-electron chi connectivity index (χ3n) is 0.864. The van der Waals surface area contributed by atoms with Crippen LogP contribution in [0.4, 0.5) is 0 Å². The summed E-state index contributed by atoms with van der Waals surface area (Å²) >= 11 is 11.3. The van der Waals surface area contributed by atoms with Crippen LogP contribution in [0.1, 0.15) is 5.56 Å². The molecule has 3 heteroatoms. The van der Waals surface area contributed by atoms with Crippen molar-refractivity contribution in [2.24, 2.45) is 0 Å². The molecule has 0 aliphatic rings. The molecule has 1 aromatic rings. The Kier molecular flexibility index (Phi) is 2.23. The lowest BCUT2D eigenvalue weighted by molar-refractivity contribution is 1.49. The Morgan fingerprint density at radius 2 is 2.50 bits per heavy atom. The van der Waals surface area contributed by atoms with Crippen LogP contribution in [0, 0.1) is 0 Å². The molecule has 0 saturated carbocycles. The first-order chi connectivity index (χ1) is 3.84. The molecule has 0 aliphatic carbocycles. The molecule has 0 amide bonds. The molecule has 8 heavy (non-hydrogen) atoms. The highest BCUT2D eigenvalue weighted by atomic mass is 35.5. The lowest BCUT2D eigenvalue weighted by Gasteiger charge is -1.84. The van der Waals surface area contributed by atoms with Crippen molar-refractivity contribution < 1.29 is 0 Å². The van der Waals surface area contributed by atoms with Gasteiger partial charge in [0, 0.05) is 5.75 Å². The van der Waals surface area contributed by atoms with Crippen LogP contribution >= 0.6 is 35.6 Å². The van der Waals surface area contributed by atoms with Crippen LogP contribution in [0.15, 0.2) is 11.4 Å². The SMILES string of the molecule is SCc1ccsc1Cl. The van der Waals surface area contributed by atoms with E-state index in [4.69, 9.17) is 11.6 Å². The van der Waals surface area contributed by atoms with Gasteiger partial charge in [-0.25, -0.2) is 0 Å². The molecule has 0 fully saturated rings. The zero-order valence-corrected chi connectivity index (χ0v) is 6.56. The van der Waals surface area contributed by atoms with Gasteiger partial charge in [-0.2, -0.15) is 12.6 Å². The molecular weight excluding hydrogens is 160 g/mol. The Labute approximate surface area is 62.9 Å². The Morgan fingerprint density at radius 3 is 2.75 bits per heavy atom. The van der Waals surface area contributed by atoms with E-state index in [0.29, 0.717) is 0 Å². The third-order valence-corrected chi connectivity index (χ3v) is 2.46. The van der Waals surface area contributed by atoms with Crippen molar-refractivity contribution in [2.75, 3.05) is 0 Å². The molecule has 0 aromatic carbocycles. The van der Waals surface area contributed by atoms with Gasteiger partial charge < -0.3 is 0 Å². The third kappa shape index (κ3) is 1.19. The topological polar surface area (TPSA) is 0 Å². The van der Waals surface area contributed by atoms with Gasteiger partial charge in [0.1, 0.15) is 0 Å². The summed E-state index contributed by atoms with van der Waals surface area (Å²) in [5.74, 6) is 0.738. The van der Waals surface area contributed by atoms with E-state index in [2.05, 4.69) is 12.6 Å². The van der Waals surface area contributed by atoms with Crippen LogP contribution in [0.25, 0.3) is 0 Å². The molecule has 1 heterocycles. The van der Waals surface area contributed by atoms with Crippen molar-refractivity contribution >= 4 is 35.6 Å². The number of rotatable bonds is 1. The number of halogens is 1. The average molecular weight is 165 g/mol. The number of thiophene rings is 1. The van der Waals surface area contributed by atoms with Crippen molar-refractivity contribution in [3.05, 3.63) is 21.3 Å². The first-order valence-corrected chi connectivity index (χ1v) is 4.06. The molecule has 0 nitrogen and oxygen atoms in total. The van der Waals surface area contributed by atoms with Gasteiger partial charge >= 0.3 is 0 Å². The maximum atomic E-state index is 5.71. The van der Waals surface area contributed by atoms with Crippen LogP contribution in [0.2, 0.25) is 4.34 Å². The molecule has 0 saturated heterocycles. The fourth-order valence-corrected chi connectivity index (χ4v) is 1.82. The van der Waals surface area contributed by atoms with Gasteiger partial charge in [0.2, 0.25) is 0 Å². The summed E-state index contributed by atoms with van der Waals surface area (Å²) in [5, 5.41) is 1.97. The van der Waals surface area contributed by atoms with Crippen LogP contribution in [-0.4, -0.2) is 0 Å². The van der Waals surface area contributed by atoms with E-state index in [-0.39, 0.29) is 0 Å². The summed E-state index contributed by atoms with van der Waals surface area (Å²) in [7, 11) is 0. The second kappa shape index (κ2) is 2.76. The highest BCUT2D eigenvalue weighted by Crippen LogP contribution is 2.23. The minimum absolute atomic E-state index is 0.738. The van der Waals surface area contributed by atoms with E-state index in [9.17, 15) is 0 Å². The smallest absolute Gasteiger partial charge is 0.0968 e. The van der Waals surface area contributed by atoms with E-state index in [1.54, 1.807) is 11.3 Å². The van der Waals surface area contributed by atoms with E-state index >= 15 is 0 Å². The second-order valence-electron chi connectivity index (χ2n) is 1.38. The van der Waals surface area contributed by atoms with Gasteiger partial charge in [0.15, 0.2) is 0 Å². The Balaban J connectivity index is 2.92. The standard InChI is InChI=1S/C5H5ClS2/c6-5-4(3-7)1-2-8-5/h1-2,7H,3H2. The van der Waals surface area contributed by atoms with Crippen molar-refractivity contribution in [3.63, 3.8) is 0 Å². The number of hydrogen-bond acceptors (Lipinski definition) is 2. The highest BCUT2D eigenvalue weighted by Gasteiger charge is 1.95. The highest BCUT2D eigenvalue weighted by molar-refractivity contribution is 7.79. The summed E-state index contributed by atoms with van der Waals surface area (Å²) in [6, 6.07) is 1.99. The summed E-state index contributed by atoms with van der Waals surface area (Å²) in [6.45, 7) is 0. The number of thiol groups is 1. The maximum Gasteiger partial charge on any atom is 0.0968 e. The first-order valence-electron chi connectivity index (χ1n) is 2.17. The molecule has 0 radical (unpaired) electrons. The lowest BCUT2D eigenvalue weighted by atomic mass is 10.4. The van der Waals surface area contributed by atoms with Crippen LogP contribution in [0.5, 0.6) is 0 Å². The van der Waals surface area contributed by atoms with E-state index < -0.39 is 0 Å². The molecular formula is C5H5ClS2. The fourth-order valence-electron chi connectivity index (χ4n) is 0.432. The van der Waals surface area contributed by atoms with E-state index in [1.807, 2.05) is 11.4 Å². The summed E-state index contributed by atoms with van der Waals surface area (Å²) in [6.07, 6.45) is 0. The quantitative estimate of drug-likeness (QED) is 0.607. The van der Waals surface area contributed by atoms with Gasteiger partial charge in [-0.05, 0) is 17.0 Å². The minimum Gasteiger partial charge on any atom is -0.174 e. The zero-order chi connectivity index (χ0) is 5.98. The average Bonchev–Trinajstić information content (AvgIpc) is 2.14. The Morgan fingerprint density at radius 1 is 1.75 bits per heavy atom. The maximum absolute atomic E-state index is 5.71. The minimum atomic E-state index is 0.738. The molecule has 0 bridgehead atoms. The number of hydrogen-bond donors (Lipinski definition) is 1. The zero-order valence-electron chi connectivity index (χ0n) is 4.10. The summed E-state index contributed by atoms with van der Waals surface area (Å²) < 4.78 is 0.861. The molecule has 0 N–H and O–H groups in total. The molecule has 1 rings (SSSR count). The lowest BCUT2D eigenvalue weighted by Crippen LogP contribution is -1.66. The molecule has 44 valence electrons. The molecule has 0 atom stereocenters. The molecule has 0 unspecified atom stereocenters. The second-order valence-corrected chi connectivity index (χ2v) is 3.21. The van der Waals surface area contributed by atoms with E-state index in [0.717, 1.165) is 15.7 Å².